The van der Waals surface area contributed by atoms with Crippen LogP contribution in [0.4, 0.5) is 5.69 Å². The number of carbonyl (C=O) groups is 1. The highest BCUT2D eigenvalue weighted by molar-refractivity contribution is 6.31. The van der Waals surface area contributed by atoms with E-state index in [0.29, 0.717) is 16.4 Å². The van der Waals surface area contributed by atoms with Crippen LogP contribution in [0.3, 0.4) is 0 Å². The van der Waals surface area contributed by atoms with Gasteiger partial charge < -0.3 is 5.32 Å². The molecule has 0 saturated carbocycles. The predicted molar refractivity (Wildman–Crippen MR) is 99.7 cm³/mol. The first-order valence-corrected chi connectivity index (χ1v) is 8.33. The topological polar surface area (TPSA) is 59.8 Å². The van der Waals surface area contributed by atoms with Crippen molar-refractivity contribution in [3.63, 3.8) is 0 Å². The molecule has 0 unspecified atom stereocenters. The molecule has 6 heteroatoms. The Morgan fingerprint density at radius 3 is 2.36 bits per heavy atom. The minimum Gasteiger partial charge on any atom is -0.320 e. The number of anilines is 1. The number of rotatable bonds is 3. The Kier molecular flexibility index (Phi) is 4.59. The summed E-state index contributed by atoms with van der Waals surface area (Å²) in [5, 5.41) is 11.8. The summed E-state index contributed by atoms with van der Waals surface area (Å²) in [5.41, 5.74) is 5.46. The summed E-state index contributed by atoms with van der Waals surface area (Å²) in [4.78, 5) is 12.7. The Labute approximate surface area is 151 Å². The van der Waals surface area contributed by atoms with Crippen molar-refractivity contribution in [1.29, 1.82) is 0 Å². The van der Waals surface area contributed by atoms with Crippen LogP contribution >= 0.6 is 11.6 Å². The molecule has 0 radical (unpaired) electrons. The molecule has 25 heavy (non-hydrogen) atoms. The summed E-state index contributed by atoms with van der Waals surface area (Å²) < 4.78 is 1.64. The number of benzene rings is 2. The third kappa shape index (κ3) is 3.15. The van der Waals surface area contributed by atoms with Gasteiger partial charge in [0.05, 0.1) is 11.4 Å². The minimum atomic E-state index is -0.277. The van der Waals surface area contributed by atoms with Crippen LogP contribution in [-0.4, -0.2) is 20.9 Å². The average molecular weight is 355 g/mol. The molecule has 1 heterocycles. The molecule has 1 N–H and O–H groups in total. The Balaban J connectivity index is 1.96. The highest BCUT2D eigenvalue weighted by atomic mass is 35.5. The number of aryl methyl sites for hydroxylation is 2. The van der Waals surface area contributed by atoms with Crippen LogP contribution in [0.5, 0.6) is 0 Å². The summed E-state index contributed by atoms with van der Waals surface area (Å²) in [6, 6.07) is 11.5. The van der Waals surface area contributed by atoms with E-state index >= 15 is 0 Å². The first-order chi connectivity index (χ1) is 11.9. The van der Waals surface area contributed by atoms with E-state index in [4.69, 9.17) is 11.6 Å². The lowest BCUT2D eigenvalue weighted by Crippen LogP contribution is -2.16. The molecule has 3 aromatic rings. The molecule has 0 atom stereocenters. The van der Waals surface area contributed by atoms with Crippen LogP contribution in [0, 0.1) is 27.7 Å². The summed E-state index contributed by atoms with van der Waals surface area (Å²) in [6.45, 7) is 7.65. The molecule has 1 aromatic heterocycles. The van der Waals surface area contributed by atoms with Crippen molar-refractivity contribution in [2.75, 3.05) is 5.32 Å². The second-order valence-electron chi connectivity index (χ2n) is 6.04. The van der Waals surface area contributed by atoms with E-state index in [-0.39, 0.29) is 5.91 Å². The second kappa shape index (κ2) is 6.69. The van der Waals surface area contributed by atoms with Crippen molar-refractivity contribution in [2.24, 2.45) is 0 Å². The zero-order valence-corrected chi connectivity index (χ0v) is 15.3. The van der Waals surface area contributed by atoms with Crippen molar-refractivity contribution in [2.45, 2.75) is 27.7 Å². The summed E-state index contributed by atoms with van der Waals surface area (Å²) in [5.74, 6) is -0.277. The number of aromatic nitrogens is 3. The van der Waals surface area contributed by atoms with Gasteiger partial charge in [0.15, 0.2) is 5.69 Å². The maximum absolute atomic E-state index is 12.7. The zero-order valence-electron chi connectivity index (χ0n) is 14.6. The van der Waals surface area contributed by atoms with Crippen molar-refractivity contribution >= 4 is 23.2 Å². The zero-order chi connectivity index (χ0) is 18.1. The van der Waals surface area contributed by atoms with Crippen LogP contribution in [-0.2, 0) is 0 Å². The van der Waals surface area contributed by atoms with Gasteiger partial charge in [0, 0.05) is 10.7 Å². The predicted octanol–water partition coefficient (Wildman–Crippen LogP) is 4.41. The molecule has 0 aliphatic rings. The van der Waals surface area contributed by atoms with Gasteiger partial charge in [-0.05, 0) is 56.5 Å². The molecule has 0 aliphatic heterocycles. The molecule has 0 bridgehead atoms. The van der Waals surface area contributed by atoms with Gasteiger partial charge in [0.2, 0.25) is 0 Å². The number of hydrogen-bond acceptors (Lipinski definition) is 3. The lowest BCUT2D eigenvalue weighted by atomic mass is 10.1. The number of carbonyl (C=O) groups excluding carboxylic acids is 1. The Hall–Kier alpha value is -2.66. The van der Waals surface area contributed by atoms with Crippen LogP contribution in [0.15, 0.2) is 36.4 Å². The quantitative estimate of drug-likeness (QED) is 0.758. The highest BCUT2D eigenvalue weighted by Crippen LogP contribution is 2.24. The van der Waals surface area contributed by atoms with E-state index in [1.165, 1.54) is 0 Å². The van der Waals surface area contributed by atoms with Gasteiger partial charge in [-0.15, -0.1) is 5.10 Å². The van der Waals surface area contributed by atoms with E-state index in [1.807, 2.05) is 64.1 Å². The maximum Gasteiger partial charge on any atom is 0.278 e. The van der Waals surface area contributed by atoms with E-state index < -0.39 is 0 Å². The van der Waals surface area contributed by atoms with E-state index in [9.17, 15) is 4.79 Å². The van der Waals surface area contributed by atoms with Crippen LogP contribution in [0.1, 0.15) is 32.9 Å². The fraction of sp³-hybridized carbons (Fsp3) is 0.211. The van der Waals surface area contributed by atoms with E-state index in [1.54, 1.807) is 4.68 Å². The second-order valence-corrected chi connectivity index (χ2v) is 6.45. The van der Waals surface area contributed by atoms with Gasteiger partial charge in [-0.25, -0.2) is 4.68 Å². The number of halogens is 1. The molecule has 3 rings (SSSR count). The smallest absolute Gasteiger partial charge is 0.278 e. The molecule has 0 saturated heterocycles. The van der Waals surface area contributed by atoms with Gasteiger partial charge in [-0.3, -0.25) is 4.79 Å². The van der Waals surface area contributed by atoms with Crippen LogP contribution in [0.25, 0.3) is 5.69 Å². The first kappa shape index (κ1) is 17.2. The number of hydrogen-bond donors (Lipinski definition) is 1. The molecule has 1 amide bonds. The molecule has 0 aliphatic carbocycles. The van der Waals surface area contributed by atoms with Crippen LogP contribution in [0.2, 0.25) is 5.02 Å². The number of amides is 1. The largest absolute Gasteiger partial charge is 0.320 e. The molecule has 0 spiro atoms. The molecular formula is C19H19ClN4O. The van der Waals surface area contributed by atoms with Gasteiger partial charge >= 0.3 is 0 Å². The third-order valence-electron chi connectivity index (χ3n) is 4.30. The van der Waals surface area contributed by atoms with Crippen molar-refractivity contribution in [1.82, 2.24) is 15.0 Å². The Morgan fingerprint density at radius 1 is 1.04 bits per heavy atom. The first-order valence-electron chi connectivity index (χ1n) is 7.95. The van der Waals surface area contributed by atoms with Crippen molar-refractivity contribution in [3.05, 3.63) is 69.5 Å². The lowest BCUT2D eigenvalue weighted by Gasteiger charge is -2.11. The third-order valence-corrected chi connectivity index (χ3v) is 4.71. The van der Waals surface area contributed by atoms with Gasteiger partial charge in [-0.2, -0.15) is 0 Å². The SMILES string of the molecule is Cc1cccc(C)c1NC(=O)c1nnn(-c2cccc(Cl)c2C)c1C. The summed E-state index contributed by atoms with van der Waals surface area (Å²) in [7, 11) is 0. The summed E-state index contributed by atoms with van der Waals surface area (Å²) in [6.07, 6.45) is 0. The fourth-order valence-electron chi connectivity index (χ4n) is 2.78. The molecule has 128 valence electrons. The number of nitrogens with one attached hydrogen (secondary N) is 1. The maximum atomic E-state index is 12.7. The summed E-state index contributed by atoms with van der Waals surface area (Å²) >= 11 is 6.19. The molecule has 2 aromatic carbocycles. The Morgan fingerprint density at radius 2 is 1.68 bits per heavy atom. The standard InChI is InChI=1S/C19H19ClN4O/c1-11-7-5-8-12(2)17(11)21-19(25)18-14(4)24(23-22-18)16-10-6-9-15(20)13(16)3/h5-10H,1-4H3,(H,21,25). The van der Waals surface area contributed by atoms with E-state index in [2.05, 4.69) is 15.6 Å². The molecular weight excluding hydrogens is 336 g/mol. The van der Waals surface area contributed by atoms with Gasteiger partial charge in [0.1, 0.15) is 0 Å². The minimum absolute atomic E-state index is 0.277. The average Bonchev–Trinajstić information content (AvgIpc) is 2.95. The Bertz CT molecular complexity index is 942. The number of para-hydroxylation sites is 1. The van der Waals surface area contributed by atoms with E-state index in [0.717, 1.165) is 28.1 Å². The lowest BCUT2D eigenvalue weighted by molar-refractivity contribution is 0.102. The highest BCUT2D eigenvalue weighted by Gasteiger charge is 2.19. The fourth-order valence-corrected chi connectivity index (χ4v) is 2.95. The van der Waals surface area contributed by atoms with Crippen molar-refractivity contribution in [3.8, 4) is 5.69 Å². The normalized spacial score (nSPS) is 10.8. The number of nitrogens with zero attached hydrogens (tertiary/aromatic N) is 3. The van der Waals surface area contributed by atoms with Gasteiger partial charge in [-0.1, -0.05) is 41.1 Å². The van der Waals surface area contributed by atoms with Crippen molar-refractivity contribution < 1.29 is 4.79 Å². The molecule has 5 nitrogen and oxygen atoms in total. The van der Waals surface area contributed by atoms with Gasteiger partial charge in [0.25, 0.3) is 5.91 Å². The van der Waals surface area contributed by atoms with Crippen LogP contribution < -0.4 is 5.32 Å². The molecule has 0 fully saturated rings. The monoisotopic (exact) mass is 354 g/mol.